The summed E-state index contributed by atoms with van der Waals surface area (Å²) >= 11 is 0. The van der Waals surface area contributed by atoms with Gasteiger partial charge < -0.3 is 0 Å². The number of benzene rings is 10. The number of aromatic nitrogens is 1. The van der Waals surface area contributed by atoms with Crippen LogP contribution < -0.4 is 32.8 Å². The molecule has 358 valence electrons. The lowest BCUT2D eigenvalue weighted by Gasteiger charge is -2.31. The van der Waals surface area contributed by atoms with Crippen LogP contribution in [0.3, 0.4) is 0 Å². The van der Waals surface area contributed by atoms with E-state index in [4.69, 9.17) is 4.98 Å². The van der Waals surface area contributed by atoms with Crippen molar-refractivity contribution in [2.45, 2.75) is 12.3 Å². The summed E-state index contributed by atoms with van der Waals surface area (Å²) in [6, 6.07) is 90.2. The van der Waals surface area contributed by atoms with Gasteiger partial charge in [0.2, 0.25) is 13.4 Å². The van der Waals surface area contributed by atoms with E-state index < -0.39 is 5.41 Å². The summed E-state index contributed by atoms with van der Waals surface area (Å²) in [5.41, 5.74) is 32.1. The number of hydrogen-bond acceptors (Lipinski definition) is 2. The van der Waals surface area contributed by atoms with Crippen LogP contribution in [0.4, 0.5) is 0 Å². The number of allylic oxidation sites excluding steroid dienone is 4. The molecule has 0 fully saturated rings. The molecule has 0 saturated heterocycles. The summed E-state index contributed by atoms with van der Waals surface area (Å²) in [7, 11) is 1.87. The Morgan fingerprint density at radius 2 is 0.818 bits per heavy atom. The van der Waals surface area contributed by atoms with Gasteiger partial charge in [0.25, 0.3) is 0 Å². The van der Waals surface area contributed by atoms with E-state index in [0.717, 1.165) is 33.5 Å². The summed E-state index contributed by atoms with van der Waals surface area (Å²) < 4.78 is 0. The van der Waals surface area contributed by atoms with Crippen LogP contribution in [0.15, 0.2) is 266 Å². The molecule has 0 N–H and O–H groups in total. The molecule has 1 spiro atoms. The van der Waals surface area contributed by atoms with Crippen LogP contribution in [0.2, 0.25) is 0 Å². The largest absolute Gasteiger partial charge is 0.296 e. The zero-order valence-corrected chi connectivity index (χ0v) is 43.0. The topological polar surface area (TPSA) is 25.2 Å². The van der Waals surface area contributed by atoms with Gasteiger partial charge >= 0.3 is 0 Å². The average molecular weight is 977 g/mol. The van der Waals surface area contributed by atoms with Crippen molar-refractivity contribution in [1.29, 1.82) is 0 Å². The molecule has 2 nitrogen and oxygen atoms in total. The predicted molar refractivity (Wildman–Crippen MR) is 327 cm³/mol. The van der Waals surface area contributed by atoms with Gasteiger partial charge in [-0.25, -0.2) is 0 Å². The van der Waals surface area contributed by atoms with E-state index >= 15 is 0 Å². The zero-order valence-electron chi connectivity index (χ0n) is 43.0. The molecule has 77 heavy (non-hydrogen) atoms. The third kappa shape index (κ3) is 6.78. The van der Waals surface area contributed by atoms with Crippen LogP contribution in [0.25, 0.3) is 78.0 Å². The lowest BCUT2D eigenvalue weighted by molar-refractivity contribution is 0.793. The van der Waals surface area contributed by atoms with Crippen LogP contribution in [-0.4, -0.2) is 31.7 Å². The van der Waals surface area contributed by atoms with Gasteiger partial charge in [-0.1, -0.05) is 269 Å². The molecule has 1 aromatic heterocycles. The van der Waals surface area contributed by atoms with E-state index in [9.17, 15) is 0 Å². The van der Waals surface area contributed by atoms with Gasteiger partial charge in [0.05, 0.1) is 11.1 Å². The number of fused-ring (bicyclic) bond motifs is 16. The standard InChI is InChI=1S/C73H50B2N2/c1-47(52-19-5-13-29-66(52)74-67-30-14-6-22-57(67)58-23-7-15-31-68(58)74)35-36-50(45-76-2)48-37-40-55-56-41-38-49(44-65(56)73(64(55)43-48)62-27-11-3-20-53(62)54-21-4-12-28-63(54)73)51-39-42-72(77-46-51)61-26-10-18-34-71(61)75-69-32-16-8-24-59(69)60-25-9-17-33-70(60)75/h3-46H,1-2H3/b47-35+,50-36+,76-45+. The first kappa shape index (κ1) is 45.1. The normalized spacial score (nSPS) is 14.0. The second-order valence-electron chi connectivity index (χ2n) is 21.0. The first-order valence-electron chi connectivity index (χ1n) is 26.9. The number of rotatable bonds is 8. The molecule has 10 aromatic carbocycles. The first-order valence-corrected chi connectivity index (χ1v) is 26.9. The lowest BCUT2D eigenvalue weighted by atomic mass is 9.38. The Kier molecular flexibility index (Phi) is 10.5. The Bertz CT molecular complexity index is 4190. The van der Waals surface area contributed by atoms with Gasteiger partial charge in [-0.3, -0.25) is 9.98 Å². The minimum atomic E-state index is -0.545. The molecule has 4 heteroatoms. The highest BCUT2D eigenvalue weighted by molar-refractivity contribution is 7.00. The van der Waals surface area contributed by atoms with Gasteiger partial charge in [0, 0.05) is 25.0 Å². The van der Waals surface area contributed by atoms with Crippen LogP contribution in [0.1, 0.15) is 40.3 Å². The predicted octanol–water partition coefficient (Wildman–Crippen LogP) is 12.9. The Morgan fingerprint density at radius 1 is 0.390 bits per heavy atom. The van der Waals surface area contributed by atoms with Gasteiger partial charge in [0.15, 0.2) is 0 Å². The van der Waals surface area contributed by atoms with Crippen LogP contribution >= 0.6 is 0 Å². The summed E-state index contributed by atoms with van der Waals surface area (Å²) in [6.45, 7) is 2.54. The molecule has 2 aliphatic heterocycles. The minimum Gasteiger partial charge on any atom is -0.296 e. The van der Waals surface area contributed by atoms with Crippen molar-refractivity contribution in [3.8, 4) is 66.9 Å². The first-order chi connectivity index (χ1) is 38.1. The van der Waals surface area contributed by atoms with E-state index in [1.807, 2.05) is 13.3 Å². The minimum absolute atomic E-state index is 0.135. The molecule has 0 amide bonds. The molecule has 2 aliphatic carbocycles. The lowest BCUT2D eigenvalue weighted by Crippen LogP contribution is -2.50. The molecule has 0 bridgehead atoms. The maximum absolute atomic E-state index is 5.28. The maximum atomic E-state index is 5.28. The molecule has 0 unspecified atom stereocenters. The monoisotopic (exact) mass is 976 g/mol. The molecule has 3 heterocycles. The maximum Gasteiger partial charge on any atom is 0.243 e. The van der Waals surface area contributed by atoms with E-state index in [2.05, 4.69) is 273 Å². The fourth-order valence-electron chi connectivity index (χ4n) is 14.0. The second kappa shape index (κ2) is 17.9. The number of hydrogen-bond donors (Lipinski definition) is 0. The highest BCUT2D eigenvalue weighted by Crippen LogP contribution is 2.63. The smallest absolute Gasteiger partial charge is 0.243 e. The van der Waals surface area contributed by atoms with E-state index in [0.29, 0.717) is 0 Å². The van der Waals surface area contributed by atoms with Crippen molar-refractivity contribution in [2.75, 3.05) is 7.05 Å². The highest BCUT2D eigenvalue weighted by Gasteiger charge is 2.52. The molecule has 11 aromatic rings. The van der Waals surface area contributed by atoms with Crippen molar-refractivity contribution < 1.29 is 0 Å². The Morgan fingerprint density at radius 3 is 1.36 bits per heavy atom. The summed E-state index contributed by atoms with van der Waals surface area (Å²) in [5, 5.41) is 0. The third-order valence-corrected chi connectivity index (χ3v) is 17.2. The average Bonchev–Trinajstić information content (AvgIpc) is 4.02. The van der Waals surface area contributed by atoms with Crippen molar-refractivity contribution in [2.24, 2.45) is 4.99 Å². The van der Waals surface area contributed by atoms with Crippen molar-refractivity contribution in [3.05, 3.63) is 294 Å². The van der Waals surface area contributed by atoms with Crippen molar-refractivity contribution >= 4 is 63.6 Å². The van der Waals surface area contributed by atoms with Gasteiger partial charge in [-0.2, -0.15) is 0 Å². The Balaban J connectivity index is 0.826. The Hall–Kier alpha value is -9.37. The zero-order chi connectivity index (χ0) is 51.2. The molecule has 0 radical (unpaired) electrons. The molecule has 0 saturated carbocycles. The Labute approximate surface area is 451 Å². The highest BCUT2D eigenvalue weighted by atomic mass is 14.7. The van der Waals surface area contributed by atoms with Crippen LogP contribution in [0, 0.1) is 0 Å². The molecular formula is C73H50B2N2. The second-order valence-corrected chi connectivity index (χ2v) is 21.0. The van der Waals surface area contributed by atoms with Crippen LogP contribution in [-0.2, 0) is 5.41 Å². The number of nitrogens with zero attached hydrogens (tertiary/aromatic N) is 2. The summed E-state index contributed by atoms with van der Waals surface area (Å²) in [4.78, 5) is 9.95. The molecule has 0 atom stereocenters. The van der Waals surface area contributed by atoms with Crippen molar-refractivity contribution in [3.63, 3.8) is 0 Å². The van der Waals surface area contributed by atoms with E-state index in [-0.39, 0.29) is 13.4 Å². The van der Waals surface area contributed by atoms with Gasteiger partial charge in [-0.05, 0) is 125 Å². The number of aliphatic imine (C=N–C) groups is 1. The molecular weight excluding hydrogens is 926 g/mol. The fraction of sp³-hybridized carbons (Fsp3) is 0.0411. The fourth-order valence-corrected chi connectivity index (χ4v) is 14.0. The van der Waals surface area contributed by atoms with Crippen molar-refractivity contribution in [1.82, 2.24) is 4.98 Å². The number of pyridine rings is 1. The van der Waals surface area contributed by atoms with Gasteiger partial charge in [-0.15, -0.1) is 0 Å². The van der Waals surface area contributed by atoms with Crippen LogP contribution in [0.5, 0.6) is 0 Å². The van der Waals surface area contributed by atoms with E-state index in [1.54, 1.807) is 0 Å². The molecule has 4 aliphatic rings. The quantitative estimate of drug-likeness (QED) is 0.0846. The summed E-state index contributed by atoms with van der Waals surface area (Å²) in [6.07, 6.45) is 8.65. The van der Waals surface area contributed by atoms with Gasteiger partial charge in [0.1, 0.15) is 0 Å². The third-order valence-electron chi connectivity index (χ3n) is 17.2. The SMILES string of the molecule is C/N=C/C(=C\C=C(/C)c1ccccc1B1c2ccccc2-c2ccccc21)c1ccc2c(c1)C1(c3ccccc3-c3ccccc31)c1cc(-c3ccc(-c4ccccc4B4c5ccccc5-c5ccccc54)nc3)ccc1-2. The van der Waals surface area contributed by atoms with E-state index in [1.165, 1.54) is 111 Å². The summed E-state index contributed by atoms with van der Waals surface area (Å²) in [5.74, 6) is 0. The molecule has 15 rings (SSSR count).